The summed E-state index contributed by atoms with van der Waals surface area (Å²) < 4.78 is 37.6. The molecular weight excluding hydrogens is 450 g/mol. The molecule has 2 aliphatic heterocycles. The number of nitrogens with one attached hydrogen (secondary N) is 1. The minimum Gasteiger partial charge on any atom is -0.378 e. The van der Waals surface area contributed by atoms with Gasteiger partial charge < -0.3 is 15.0 Å². The number of nitrogens with zero attached hydrogens (tertiary/aromatic N) is 5. The third kappa shape index (κ3) is 4.26. The Bertz CT molecular complexity index is 1340. The van der Waals surface area contributed by atoms with Gasteiger partial charge in [-0.3, -0.25) is 9.67 Å². The maximum absolute atomic E-state index is 15.1. The van der Waals surface area contributed by atoms with Gasteiger partial charge in [-0.1, -0.05) is 12.1 Å². The standard InChI is InChI=1S/C26H26F2N6O/c27-21-12-17(13-22(28)26(21)33-8-10-35-11-9-33)20-2-1-3-23-25(20)32-24(15-30-23)18-14-31-34(16-18)19-4-6-29-7-5-19/h1-3,12-16,19,29H,4-11H2. The average molecular weight is 477 g/mol. The maximum atomic E-state index is 15.1. The number of benzene rings is 2. The van der Waals surface area contributed by atoms with E-state index >= 15 is 8.78 Å². The van der Waals surface area contributed by atoms with Crippen LogP contribution in [0.25, 0.3) is 33.4 Å². The Morgan fingerprint density at radius 3 is 2.51 bits per heavy atom. The molecule has 2 aromatic carbocycles. The molecule has 2 saturated heterocycles. The van der Waals surface area contributed by atoms with Crippen LogP contribution in [0.1, 0.15) is 18.9 Å². The van der Waals surface area contributed by atoms with Crippen LogP contribution in [-0.2, 0) is 4.74 Å². The highest BCUT2D eigenvalue weighted by Crippen LogP contribution is 2.34. The minimum atomic E-state index is -0.591. The van der Waals surface area contributed by atoms with Crippen molar-refractivity contribution in [1.29, 1.82) is 0 Å². The van der Waals surface area contributed by atoms with E-state index in [-0.39, 0.29) is 5.69 Å². The van der Waals surface area contributed by atoms with Crippen molar-refractivity contribution in [3.8, 4) is 22.4 Å². The van der Waals surface area contributed by atoms with E-state index in [1.165, 1.54) is 12.1 Å². The predicted molar refractivity (Wildman–Crippen MR) is 130 cm³/mol. The lowest BCUT2D eigenvalue weighted by Crippen LogP contribution is -2.37. The van der Waals surface area contributed by atoms with Gasteiger partial charge in [0, 0.05) is 30.4 Å². The highest BCUT2D eigenvalue weighted by molar-refractivity contribution is 5.92. The summed E-state index contributed by atoms with van der Waals surface area (Å²) in [6, 6.07) is 8.63. The third-order valence-corrected chi connectivity index (χ3v) is 6.81. The maximum Gasteiger partial charge on any atom is 0.150 e. The van der Waals surface area contributed by atoms with Crippen LogP contribution in [0.5, 0.6) is 0 Å². The molecule has 0 amide bonds. The first-order valence-electron chi connectivity index (χ1n) is 12.0. The number of para-hydroxylation sites is 1. The molecule has 0 atom stereocenters. The van der Waals surface area contributed by atoms with E-state index < -0.39 is 11.6 Å². The van der Waals surface area contributed by atoms with Crippen molar-refractivity contribution in [2.24, 2.45) is 0 Å². The molecule has 0 radical (unpaired) electrons. The van der Waals surface area contributed by atoms with Crippen LogP contribution in [0.3, 0.4) is 0 Å². The van der Waals surface area contributed by atoms with Crippen molar-refractivity contribution in [1.82, 2.24) is 25.1 Å². The summed E-state index contributed by atoms with van der Waals surface area (Å²) in [7, 11) is 0. The molecule has 0 aliphatic carbocycles. The summed E-state index contributed by atoms with van der Waals surface area (Å²) >= 11 is 0. The molecule has 4 aromatic rings. The summed E-state index contributed by atoms with van der Waals surface area (Å²) in [5.41, 5.74) is 3.86. The Morgan fingerprint density at radius 1 is 0.971 bits per heavy atom. The zero-order chi connectivity index (χ0) is 23.8. The number of rotatable bonds is 4. The molecule has 2 aromatic heterocycles. The monoisotopic (exact) mass is 476 g/mol. The fraction of sp³-hybridized carbons (Fsp3) is 0.346. The zero-order valence-corrected chi connectivity index (χ0v) is 19.3. The Morgan fingerprint density at radius 2 is 1.74 bits per heavy atom. The number of aromatic nitrogens is 4. The van der Waals surface area contributed by atoms with E-state index in [4.69, 9.17) is 9.72 Å². The van der Waals surface area contributed by atoms with Gasteiger partial charge in [-0.05, 0) is 49.7 Å². The van der Waals surface area contributed by atoms with Gasteiger partial charge in [0.05, 0.1) is 48.4 Å². The highest BCUT2D eigenvalue weighted by atomic mass is 19.1. The fourth-order valence-corrected chi connectivity index (χ4v) is 4.96. The van der Waals surface area contributed by atoms with Crippen LogP contribution in [0.15, 0.2) is 48.9 Å². The predicted octanol–water partition coefficient (Wildman–Crippen LogP) is 4.20. The van der Waals surface area contributed by atoms with Crippen LogP contribution in [0.2, 0.25) is 0 Å². The van der Waals surface area contributed by atoms with Crippen molar-refractivity contribution in [2.45, 2.75) is 18.9 Å². The van der Waals surface area contributed by atoms with E-state index in [1.807, 2.05) is 29.1 Å². The van der Waals surface area contributed by atoms with Gasteiger partial charge in [-0.2, -0.15) is 5.10 Å². The molecule has 2 fully saturated rings. The van der Waals surface area contributed by atoms with Gasteiger partial charge in [0.15, 0.2) is 0 Å². The van der Waals surface area contributed by atoms with Gasteiger partial charge in [-0.15, -0.1) is 0 Å². The van der Waals surface area contributed by atoms with E-state index in [2.05, 4.69) is 15.4 Å². The second kappa shape index (κ2) is 9.31. The Labute approximate surface area is 201 Å². The van der Waals surface area contributed by atoms with E-state index in [1.54, 1.807) is 17.3 Å². The van der Waals surface area contributed by atoms with Crippen molar-refractivity contribution in [3.05, 3.63) is 60.6 Å². The van der Waals surface area contributed by atoms with Crippen LogP contribution >= 0.6 is 0 Å². The summed E-state index contributed by atoms with van der Waals surface area (Å²) in [5.74, 6) is -1.18. The Hall–Kier alpha value is -3.43. The molecule has 6 rings (SSSR count). The molecule has 1 N–H and O–H groups in total. The molecule has 0 bridgehead atoms. The number of hydrogen-bond donors (Lipinski definition) is 1. The largest absolute Gasteiger partial charge is 0.378 e. The molecule has 0 spiro atoms. The molecule has 0 unspecified atom stereocenters. The topological polar surface area (TPSA) is 68.1 Å². The second-order valence-electron chi connectivity index (χ2n) is 9.01. The van der Waals surface area contributed by atoms with Crippen molar-refractivity contribution >= 4 is 16.7 Å². The van der Waals surface area contributed by atoms with E-state index in [0.29, 0.717) is 60.2 Å². The third-order valence-electron chi connectivity index (χ3n) is 6.81. The number of halogens is 2. The molecule has 180 valence electrons. The Balaban J connectivity index is 1.37. The lowest BCUT2D eigenvalue weighted by molar-refractivity contribution is 0.122. The summed E-state index contributed by atoms with van der Waals surface area (Å²) in [6.07, 6.45) is 7.60. The van der Waals surface area contributed by atoms with Crippen LogP contribution in [0.4, 0.5) is 14.5 Å². The lowest BCUT2D eigenvalue weighted by atomic mass is 10.0. The number of hydrogen-bond acceptors (Lipinski definition) is 6. The SMILES string of the molecule is Fc1cc(-c2cccc3ncc(-c4cnn(C5CCNCC5)c4)nc23)cc(F)c1N1CCOCC1. The van der Waals surface area contributed by atoms with Crippen molar-refractivity contribution in [2.75, 3.05) is 44.3 Å². The molecule has 4 heterocycles. The van der Waals surface area contributed by atoms with Gasteiger partial charge in [0.1, 0.15) is 17.3 Å². The average Bonchev–Trinajstić information content (AvgIpc) is 3.39. The number of morpholine rings is 1. The highest BCUT2D eigenvalue weighted by Gasteiger charge is 2.22. The minimum absolute atomic E-state index is 0.00520. The van der Waals surface area contributed by atoms with E-state index in [0.717, 1.165) is 31.5 Å². The fourth-order valence-electron chi connectivity index (χ4n) is 4.96. The summed E-state index contributed by atoms with van der Waals surface area (Å²) in [5, 5.41) is 7.93. The number of piperidine rings is 1. The lowest BCUT2D eigenvalue weighted by Gasteiger charge is -2.29. The molecule has 35 heavy (non-hydrogen) atoms. The Kier molecular flexibility index (Phi) is 5.87. The summed E-state index contributed by atoms with van der Waals surface area (Å²) in [4.78, 5) is 11.1. The van der Waals surface area contributed by atoms with Gasteiger partial charge >= 0.3 is 0 Å². The van der Waals surface area contributed by atoms with Crippen LogP contribution < -0.4 is 10.2 Å². The first kappa shape index (κ1) is 22.1. The van der Waals surface area contributed by atoms with Gasteiger partial charge in [-0.25, -0.2) is 13.8 Å². The zero-order valence-electron chi connectivity index (χ0n) is 19.3. The van der Waals surface area contributed by atoms with Gasteiger partial charge in [0.2, 0.25) is 0 Å². The normalized spacial score (nSPS) is 17.3. The quantitative estimate of drug-likeness (QED) is 0.476. The number of ether oxygens (including phenoxy) is 1. The molecule has 9 heteroatoms. The van der Waals surface area contributed by atoms with E-state index in [9.17, 15) is 0 Å². The van der Waals surface area contributed by atoms with Crippen molar-refractivity contribution < 1.29 is 13.5 Å². The first-order chi connectivity index (χ1) is 17.2. The first-order valence-corrected chi connectivity index (χ1v) is 12.0. The molecule has 0 saturated carbocycles. The number of anilines is 1. The number of fused-ring (bicyclic) bond motifs is 1. The molecule has 7 nitrogen and oxygen atoms in total. The van der Waals surface area contributed by atoms with Crippen LogP contribution in [0, 0.1) is 11.6 Å². The second-order valence-corrected chi connectivity index (χ2v) is 9.01. The summed E-state index contributed by atoms with van der Waals surface area (Å²) in [6.45, 7) is 3.79. The molecular formula is C26H26F2N6O. The smallest absolute Gasteiger partial charge is 0.150 e. The van der Waals surface area contributed by atoms with Crippen molar-refractivity contribution in [3.63, 3.8) is 0 Å². The molecule has 2 aliphatic rings. The van der Waals surface area contributed by atoms with Crippen LogP contribution in [-0.4, -0.2) is 59.1 Å². The van der Waals surface area contributed by atoms with Gasteiger partial charge in [0.25, 0.3) is 0 Å².